The first kappa shape index (κ1) is 15.4. The van der Waals surface area contributed by atoms with Crippen molar-refractivity contribution in [2.75, 3.05) is 5.32 Å². The van der Waals surface area contributed by atoms with Gasteiger partial charge in [0.1, 0.15) is 11.6 Å². The number of rotatable bonds is 4. The van der Waals surface area contributed by atoms with Crippen molar-refractivity contribution < 1.29 is 13.7 Å². The quantitative estimate of drug-likeness (QED) is 0.645. The highest BCUT2D eigenvalue weighted by Gasteiger charge is 2.14. The Kier molecular flexibility index (Phi) is 4.52. The van der Waals surface area contributed by atoms with E-state index >= 15 is 0 Å². The van der Waals surface area contributed by atoms with E-state index in [9.17, 15) is 18.9 Å². The molecular weight excluding hydrogens is 346 g/mol. The molecule has 2 aromatic carbocycles. The minimum absolute atomic E-state index is 0.000359. The van der Waals surface area contributed by atoms with Crippen molar-refractivity contribution in [3.8, 4) is 0 Å². The number of hydrogen-bond donors (Lipinski definition) is 1. The summed E-state index contributed by atoms with van der Waals surface area (Å²) < 4.78 is 26.8. The summed E-state index contributed by atoms with van der Waals surface area (Å²) in [6.45, 7) is 1.76. The molecule has 0 saturated carbocycles. The number of anilines is 1. The van der Waals surface area contributed by atoms with Crippen LogP contribution >= 0.6 is 15.9 Å². The van der Waals surface area contributed by atoms with Crippen LogP contribution in [0.3, 0.4) is 0 Å². The number of nitrogens with zero attached hydrogens (tertiary/aromatic N) is 1. The van der Waals surface area contributed by atoms with Gasteiger partial charge < -0.3 is 5.32 Å². The molecule has 2 rings (SSSR count). The van der Waals surface area contributed by atoms with E-state index in [0.29, 0.717) is 21.3 Å². The van der Waals surface area contributed by atoms with E-state index in [4.69, 9.17) is 0 Å². The molecule has 0 amide bonds. The zero-order valence-electron chi connectivity index (χ0n) is 11.0. The molecule has 0 fully saturated rings. The maximum Gasteiger partial charge on any atom is 0.273 e. The molecule has 0 bridgehead atoms. The lowest BCUT2D eigenvalue weighted by molar-refractivity contribution is -0.385. The van der Waals surface area contributed by atoms with Gasteiger partial charge in [-0.05, 0) is 35.0 Å². The second-order valence-electron chi connectivity index (χ2n) is 4.46. The molecule has 110 valence electrons. The van der Waals surface area contributed by atoms with Crippen molar-refractivity contribution in [2.24, 2.45) is 0 Å². The third kappa shape index (κ3) is 3.55. The van der Waals surface area contributed by atoms with Crippen molar-refractivity contribution in [1.29, 1.82) is 0 Å². The third-order valence-corrected chi connectivity index (χ3v) is 3.62. The lowest BCUT2D eigenvalue weighted by atomic mass is 10.1. The lowest BCUT2D eigenvalue weighted by Crippen LogP contribution is -2.04. The first-order chi connectivity index (χ1) is 9.88. The number of benzene rings is 2. The summed E-state index contributed by atoms with van der Waals surface area (Å²) in [5.41, 5.74) is 1.40. The highest BCUT2D eigenvalue weighted by Crippen LogP contribution is 2.31. The molecule has 2 aromatic rings. The van der Waals surface area contributed by atoms with E-state index in [2.05, 4.69) is 21.2 Å². The van der Waals surface area contributed by atoms with Gasteiger partial charge >= 0.3 is 0 Å². The molecule has 0 radical (unpaired) electrons. The van der Waals surface area contributed by atoms with Gasteiger partial charge in [0.2, 0.25) is 0 Å². The van der Waals surface area contributed by atoms with Gasteiger partial charge in [-0.3, -0.25) is 10.1 Å². The Morgan fingerprint density at radius 3 is 2.62 bits per heavy atom. The van der Waals surface area contributed by atoms with Crippen molar-refractivity contribution in [3.05, 3.63) is 67.7 Å². The molecule has 4 nitrogen and oxygen atoms in total. The Hall–Kier alpha value is -2.02. The van der Waals surface area contributed by atoms with Gasteiger partial charge in [0.15, 0.2) is 0 Å². The normalized spacial score (nSPS) is 10.5. The van der Waals surface area contributed by atoms with Gasteiger partial charge in [-0.2, -0.15) is 0 Å². The van der Waals surface area contributed by atoms with Crippen LogP contribution < -0.4 is 5.32 Å². The predicted molar refractivity (Wildman–Crippen MR) is 79.2 cm³/mol. The summed E-state index contributed by atoms with van der Waals surface area (Å²) in [6.07, 6.45) is 0. The second kappa shape index (κ2) is 6.17. The summed E-state index contributed by atoms with van der Waals surface area (Å²) in [6, 6.07) is 6.33. The number of halogens is 3. The number of nitro benzene ring substituents is 1. The largest absolute Gasteiger partial charge is 0.380 e. The van der Waals surface area contributed by atoms with Crippen LogP contribution in [0.2, 0.25) is 0 Å². The Labute approximate surface area is 128 Å². The molecule has 0 aliphatic heterocycles. The van der Waals surface area contributed by atoms with E-state index in [1.165, 1.54) is 18.2 Å². The highest BCUT2D eigenvalue weighted by molar-refractivity contribution is 9.10. The standard InChI is InChI=1S/C14H11BrF2N2O2/c1-8-4-13(11(15)6-14(8)19(20)21)18-7-9-2-3-10(16)5-12(9)17/h2-6,18H,7H2,1H3. The molecule has 0 unspecified atom stereocenters. The fourth-order valence-electron chi connectivity index (χ4n) is 1.86. The Balaban J connectivity index is 2.20. The number of nitrogens with one attached hydrogen (secondary N) is 1. The van der Waals surface area contributed by atoms with Crippen LogP contribution in [0, 0.1) is 28.7 Å². The van der Waals surface area contributed by atoms with Gasteiger partial charge in [-0.15, -0.1) is 0 Å². The van der Waals surface area contributed by atoms with E-state index in [1.54, 1.807) is 13.0 Å². The second-order valence-corrected chi connectivity index (χ2v) is 5.32. The Morgan fingerprint density at radius 2 is 2.00 bits per heavy atom. The van der Waals surface area contributed by atoms with Crippen molar-refractivity contribution in [2.45, 2.75) is 13.5 Å². The average Bonchev–Trinajstić information content (AvgIpc) is 2.40. The Morgan fingerprint density at radius 1 is 1.29 bits per heavy atom. The summed E-state index contributed by atoms with van der Waals surface area (Å²) in [4.78, 5) is 10.4. The van der Waals surface area contributed by atoms with Crippen molar-refractivity contribution in [3.63, 3.8) is 0 Å². The maximum atomic E-state index is 13.5. The highest BCUT2D eigenvalue weighted by atomic mass is 79.9. The molecule has 0 aromatic heterocycles. The molecule has 0 atom stereocenters. The molecule has 1 N–H and O–H groups in total. The number of aryl methyl sites for hydroxylation is 1. The monoisotopic (exact) mass is 356 g/mol. The van der Waals surface area contributed by atoms with Crippen LogP contribution in [0.15, 0.2) is 34.8 Å². The van der Waals surface area contributed by atoms with Crippen LogP contribution in [-0.4, -0.2) is 4.92 Å². The predicted octanol–water partition coefficient (Wildman–Crippen LogP) is 4.56. The van der Waals surface area contributed by atoms with Gasteiger partial charge in [-0.25, -0.2) is 8.78 Å². The molecule has 0 spiro atoms. The summed E-state index contributed by atoms with van der Waals surface area (Å²) in [5, 5.41) is 13.8. The third-order valence-electron chi connectivity index (χ3n) is 2.97. The fourth-order valence-corrected chi connectivity index (χ4v) is 2.33. The van der Waals surface area contributed by atoms with Gasteiger partial charge in [0, 0.05) is 40.0 Å². The summed E-state index contributed by atoms with van der Waals surface area (Å²) >= 11 is 3.23. The van der Waals surface area contributed by atoms with Crippen LogP contribution in [-0.2, 0) is 6.54 Å². The molecule has 0 aliphatic rings. The van der Waals surface area contributed by atoms with E-state index < -0.39 is 16.6 Å². The van der Waals surface area contributed by atoms with Gasteiger partial charge in [0.05, 0.1) is 4.92 Å². The van der Waals surface area contributed by atoms with Gasteiger partial charge in [0.25, 0.3) is 5.69 Å². The van der Waals surface area contributed by atoms with E-state index in [-0.39, 0.29) is 12.2 Å². The van der Waals surface area contributed by atoms with E-state index in [1.807, 2.05) is 0 Å². The zero-order chi connectivity index (χ0) is 15.6. The van der Waals surface area contributed by atoms with Crippen LogP contribution in [0.1, 0.15) is 11.1 Å². The SMILES string of the molecule is Cc1cc(NCc2ccc(F)cc2F)c(Br)cc1[N+](=O)[O-]. The van der Waals surface area contributed by atoms with Crippen molar-refractivity contribution >= 4 is 27.3 Å². The van der Waals surface area contributed by atoms with Crippen LogP contribution in [0.4, 0.5) is 20.2 Å². The average molecular weight is 357 g/mol. The Bertz CT molecular complexity index is 708. The molecule has 0 heterocycles. The molecule has 0 saturated heterocycles. The zero-order valence-corrected chi connectivity index (χ0v) is 12.6. The fraction of sp³-hybridized carbons (Fsp3) is 0.143. The first-order valence-electron chi connectivity index (χ1n) is 6.01. The smallest absolute Gasteiger partial charge is 0.273 e. The first-order valence-corrected chi connectivity index (χ1v) is 6.80. The van der Waals surface area contributed by atoms with Crippen LogP contribution in [0.5, 0.6) is 0 Å². The molecule has 0 aliphatic carbocycles. The summed E-state index contributed by atoms with van der Waals surface area (Å²) in [5.74, 6) is -1.28. The maximum absolute atomic E-state index is 13.5. The van der Waals surface area contributed by atoms with Crippen molar-refractivity contribution in [1.82, 2.24) is 0 Å². The molecule has 7 heteroatoms. The number of hydrogen-bond acceptors (Lipinski definition) is 3. The summed E-state index contributed by atoms with van der Waals surface area (Å²) in [7, 11) is 0. The minimum atomic E-state index is -0.641. The van der Waals surface area contributed by atoms with Crippen LogP contribution in [0.25, 0.3) is 0 Å². The minimum Gasteiger partial charge on any atom is -0.380 e. The van der Waals surface area contributed by atoms with Gasteiger partial charge in [-0.1, -0.05) is 6.07 Å². The number of nitro groups is 1. The molecular formula is C14H11BrF2N2O2. The molecule has 21 heavy (non-hydrogen) atoms. The topological polar surface area (TPSA) is 55.2 Å². The van der Waals surface area contributed by atoms with E-state index in [0.717, 1.165) is 6.07 Å². The lowest BCUT2D eigenvalue weighted by Gasteiger charge is -2.10.